The number of likely N-dealkylation sites (N-methyl/N-ethyl adjacent to an activating group) is 1. The second-order valence-electron chi connectivity index (χ2n) is 4.82. The Balaban J connectivity index is 2.39. The SMILES string of the molecule is CCNC(c1cc(OC)c(Br)cc1OC)C1CCCO1. The molecule has 2 rings (SSSR count). The Morgan fingerprint density at radius 2 is 2.10 bits per heavy atom. The van der Waals surface area contributed by atoms with Crippen molar-refractivity contribution in [3.63, 3.8) is 0 Å². The number of benzene rings is 1. The quantitative estimate of drug-likeness (QED) is 0.860. The first kappa shape index (κ1) is 15.6. The molecule has 0 radical (unpaired) electrons. The predicted octanol–water partition coefficient (Wildman–Crippen LogP) is 3.30. The van der Waals surface area contributed by atoms with E-state index in [0.29, 0.717) is 0 Å². The van der Waals surface area contributed by atoms with E-state index in [9.17, 15) is 0 Å². The molecule has 20 heavy (non-hydrogen) atoms. The summed E-state index contributed by atoms with van der Waals surface area (Å²) in [6.45, 7) is 3.82. The maximum absolute atomic E-state index is 5.85. The molecule has 0 saturated carbocycles. The van der Waals surface area contributed by atoms with Crippen LogP contribution in [0.5, 0.6) is 11.5 Å². The lowest BCUT2D eigenvalue weighted by atomic mass is 9.98. The van der Waals surface area contributed by atoms with E-state index in [-0.39, 0.29) is 12.1 Å². The minimum absolute atomic E-state index is 0.124. The highest BCUT2D eigenvalue weighted by molar-refractivity contribution is 9.10. The maximum atomic E-state index is 5.85. The molecular formula is C15H22BrNO3. The average molecular weight is 344 g/mol. The normalized spacial score (nSPS) is 19.9. The van der Waals surface area contributed by atoms with Gasteiger partial charge in [-0.2, -0.15) is 0 Å². The first-order valence-electron chi connectivity index (χ1n) is 6.97. The van der Waals surface area contributed by atoms with Gasteiger partial charge in [0.1, 0.15) is 11.5 Å². The summed E-state index contributed by atoms with van der Waals surface area (Å²) in [7, 11) is 3.36. The van der Waals surface area contributed by atoms with Crippen LogP contribution < -0.4 is 14.8 Å². The van der Waals surface area contributed by atoms with Gasteiger partial charge in [0.2, 0.25) is 0 Å². The van der Waals surface area contributed by atoms with Gasteiger partial charge in [-0.1, -0.05) is 6.92 Å². The molecule has 0 aliphatic carbocycles. The molecule has 1 heterocycles. The smallest absolute Gasteiger partial charge is 0.133 e. The zero-order valence-electron chi connectivity index (χ0n) is 12.2. The zero-order valence-corrected chi connectivity index (χ0v) is 13.8. The van der Waals surface area contributed by atoms with Crippen molar-refractivity contribution in [2.24, 2.45) is 0 Å². The topological polar surface area (TPSA) is 39.7 Å². The van der Waals surface area contributed by atoms with Gasteiger partial charge in [-0.25, -0.2) is 0 Å². The molecule has 1 aromatic rings. The molecule has 1 aromatic carbocycles. The van der Waals surface area contributed by atoms with Crippen molar-refractivity contribution in [2.75, 3.05) is 27.4 Å². The molecule has 1 saturated heterocycles. The Labute approximate surface area is 128 Å². The van der Waals surface area contributed by atoms with Crippen LogP contribution in [0.15, 0.2) is 16.6 Å². The molecular weight excluding hydrogens is 322 g/mol. The van der Waals surface area contributed by atoms with Crippen molar-refractivity contribution < 1.29 is 14.2 Å². The second-order valence-corrected chi connectivity index (χ2v) is 5.67. The lowest BCUT2D eigenvalue weighted by Gasteiger charge is -2.26. The third-order valence-corrected chi connectivity index (χ3v) is 4.22. The molecule has 0 bridgehead atoms. The molecule has 2 atom stereocenters. The number of halogens is 1. The van der Waals surface area contributed by atoms with Gasteiger partial charge in [-0.3, -0.25) is 0 Å². The molecule has 5 heteroatoms. The van der Waals surface area contributed by atoms with Gasteiger partial charge in [-0.05, 0) is 47.4 Å². The van der Waals surface area contributed by atoms with Crippen LogP contribution in [0.4, 0.5) is 0 Å². The molecule has 1 aliphatic heterocycles. The Hall–Kier alpha value is -0.780. The summed E-state index contributed by atoms with van der Waals surface area (Å²) < 4.78 is 17.7. The first-order valence-corrected chi connectivity index (χ1v) is 7.77. The van der Waals surface area contributed by atoms with E-state index in [0.717, 1.165) is 47.5 Å². The monoisotopic (exact) mass is 343 g/mol. The van der Waals surface area contributed by atoms with Crippen molar-refractivity contribution in [1.82, 2.24) is 5.32 Å². The molecule has 2 unspecified atom stereocenters. The Kier molecular flexibility index (Phi) is 5.69. The van der Waals surface area contributed by atoms with Crippen LogP contribution in [0.2, 0.25) is 0 Å². The molecule has 1 fully saturated rings. The average Bonchev–Trinajstić information content (AvgIpc) is 2.98. The summed E-state index contributed by atoms with van der Waals surface area (Å²) in [4.78, 5) is 0. The highest BCUT2D eigenvalue weighted by atomic mass is 79.9. The van der Waals surface area contributed by atoms with Crippen molar-refractivity contribution in [3.05, 3.63) is 22.2 Å². The van der Waals surface area contributed by atoms with Crippen LogP contribution in [0.1, 0.15) is 31.4 Å². The van der Waals surface area contributed by atoms with E-state index in [1.807, 2.05) is 12.1 Å². The molecule has 4 nitrogen and oxygen atoms in total. The Morgan fingerprint density at radius 3 is 2.65 bits per heavy atom. The third-order valence-electron chi connectivity index (χ3n) is 3.60. The molecule has 112 valence electrons. The van der Waals surface area contributed by atoms with Crippen LogP contribution in [0, 0.1) is 0 Å². The van der Waals surface area contributed by atoms with E-state index >= 15 is 0 Å². The Morgan fingerprint density at radius 1 is 1.35 bits per heavy atom. The van der Waals surface area contributed by atoms with Crippen molar-refractivity contribution >= 4 is 15.9 Å². The van der Waals surface area contributed by atoms with Crippen LogP contribution in [-0.2, 0) is 4.74 Å². The molecule has 0 aromatic heterocycles. The van der Waals surface area contributed by atoms with Gasteiger partial charge in [0.05, 0.1) is 30.8 Å². The lowest BCUT2D eigenvalue weighted by Crippen LogP contribution is -2.32. The van der Waals surface area contributed by atoms with Crippen LogP contribution in [-0.4, -0.2) is 33.5 Å². The van der Waals surface area contributed by atoms with Gasteiger partial charge in [0.25, 0.3) is 0 Å². The summed E-state index contributed by atoms with van der Waals surface area (Å²) in [6, 6.07) is 4.10. The standard InChI is InChI=1S/C15H22BrNO3/c1-4-17-15(12-6-5-7-20-12)10-8-14(19-3)11(16)9-13(10)18-2/h8-9,12,15,17H,4-7H2,1-3H3. The fourth-order valence-corrected chi connectivity index (χ4v) is 3.14. The van der Waals surface area contributed by atoms with Gasteiger partial charge in [0, 0.05) is 12.2 Å². The zero-order chi connectivity index (χ0) is 14.5. The number of hydrogen-bond donors (Lipinski definition) is 1. The fraction of sp³-hybridized carbons (Fsp3) is 0.600. The summed E-state index contributed by atoms with van der Waals surface area (Å²) >= 11 is 3.50. The fourth-order valence-electron chi connectivity index (χ4n) is 2.65. The molecule has 1 N–H and O–H groups in total. The molecule has 0 amide bonds. The minimum Gasteiger partial charge on any atom is -0.496 e. The van der Waals surface area contributed by atoms with Crippen LogP contribution in [0.25, 0.3) is 0 Å². The van der Waals surface area contributed by atoms with Gasteiger partial charge in [0.15, 0.2) is 0 Å². The summed E-state index contributed by atoms with van der Waals surface area (Å²) in [6.07, 6.45) is 2.37. The highest BCUT2D eigenvalue weighted by Crippen LogP contribution is 2.38. The van der Waals surface area contributed by atoms with Crippen molar-refractivity contribution in [1.29, 1.82) is 0 Å². The van der Waals surface area contributed by atoms with Crippen LogP contribution in [0.3, 0.4) is 0 Å². The van der Waals surface area contributed by atoms with Gasteiger partial charge in [-0.15, -0.1) is 0 Å². The highest BCUT2D eigenvalue weighted by Gasteiger charge is 2.29. The third kappa shape index (κ3) is 3.27. The lowest BCUT2D eigenvalue weighted by molar-refractivity contribution is 0.0779. The number of ether oxygens (including phenoxy) is 3. The summed E-state index contributed by atoms with van der Waals surface area (Å²) in [5.74, 6) is 1.65. The van der Waals surface area contributed by atoms with Gasteiger partial charge >= 0.3 is 0 Å². The van der Waals surface area contributed by atoms with E-state index in [1.165, 1.54) is 0 Å². The molecule has 1 aliphatic rings. The minimum atomic E-state index is 0.124. The largest absolute Gasteiger partial charge is 0.496 e. The molecule has 0 spiro atoms. The number of rotatable bonds is 6. The summed E-state index contributed by atoms with van der Waals surface area (Å²) in [5, 5.41) is 3.51. The van der Waals surface area contributed by atoms with Crippen LogP contribution >= 0.6 is 15.9 Å². The van der Waals surface area contributed by atoms with Crippen molar-refractivity contribution in [3.8, 4) is 11.5 Å². The van der Waals surface area contributed by atoms with E-state index < -0.39 is 0 Å². The summed E-state index contributed by atoms with van der Waals surface area (Å²) in [5.41, 5.74) is 1.08. The first-order chi connectivity index (χ1) is 9.71. The van der Waals surface area contributed by atoms with Gasteiger partial charge < -0.3 is 19.5 Å². The van der Waals surface area contributed by atoms with Crippen molar-refractivity contribution in [2.45, 2.75) is 31.9 Å². The predicted molar refractivity (Wildman–Crippen MR) is 82.6 cm³/mol. The number of hydrogen-bond acceptors (Lipinski definition) is 4. The maximum Gasteiger partial charge on any atom is 0.133 e. The van der Waals surface area contributed by atoms with E-state index in [4.69, 9.17) is 14.2 Å². The second kappa shape index (κ2) is 7.29. The number of methoxy groups -OCH3 is 2. The van der Waals surface area contributed by atoms with E-state index in [1.54, 1.807) is 14.2 Å². The number of nitrogens with one attached hydrogen (secondary N) is 1. The Bertz CT molecular complexity index is 447. The van der Waals surface area contributed by atoms with E-state index in [2.05, 4.69) is 28.2 Å².